The molecule has 0 heterocycles. The first kappa shape index (κ1) is 5.90. The fourth-order valence-corrected chi connectivity index (χ4v) is 0.194. The lowest BCUT2D eigenvalue weighted by Crippen LogP contribution is -1.85. The van der Waals surface area contributed by atoms with E-state index < -0.39 is 0 Å². The third-order valence-corrected chi connectivity index (χ3v) is 1.41. The van der Waals surface area contributed by atoms with Crippen molar-refractivity contribution in [2.24, 2.45) is 10.9 Å². The predicted octanol–water partition coefficient (Wildman–Crippen LogP) is 0.587. The van der Waals surface area contributed by atoms with Gasteiger partial charge in [-0.25, -0.2) is 0 Å². The van der Waals surface area contributed by atoms with Gasteiger partial charge in [0.15, 0.2) is 0 Å². The van der Waals surface area contributed by atoms with E-state index in [4.69, 9.17) is 5.84 Å². The molecule has 0 spiro atoms. The lowest BCUT2D eigenvalue weighted by atomic mass is 10.9. The first-order valence-corrected chi connectivity index (χ1v) is 3.23. The Bertz CT molecular complexity index is 59.8. The Hall–Kier alpha value is -0.100. The Morgan fingerprint density at radius 1 is 1.83 bits per heavy atom. The van der Waals surface area contributed by atoms with Gasteiger partial charge in [0.05, 0.1) is 5.45 Å². The normalized spacial score (nSPS) is 14.0. The van der Waals surface area contributed by atoms with Gasteiger partial charge >= 0.3 is 0 Å². The van der Waals surface area contributed by atoms with Gasteiger partial charge in [-0.3, -0.25) is 0 Å². The molecule has 0 amide bonds. The van der Waals surface area contributed by atoms with Gasteiger partial charge in [0.25, 0.3) is 0 Å². The van der Waals surface area contributed by atoms with E-state index in [1.165, 1.54) is 0 Å². The van der Waals surface area contributed by atoms with Crippen LogP contribution in [0, 0.1) is 0 Å². The largest absolute Gasteiger partial charge is 0.323 e. The molecule has 6 heavy (non-hydrogen) atoms. The lowest BCUT2D eigenvalue weighted by molar-refractivity contribution is 1.25. The van der Waals surface area contributed by atoms with Crippen molar-refractivity contribution in [2.45, 2.75) is 6.92 Å². The maximum atomic E-state index is 4.88. The highest BCUT2D eigenvalue weighted by atomic mass is 31.1. The Morgan fingerprint density at radius 2 is 2.33 bits per heavy atom. The number of hydrogen-bond acceptors (Lipinski definition) is 2. The number of hydrogen-bond donors (Lipinski definition) is 1. The zero-order valence-electron chi connectivity index (χ0n) is 4.02. The summed E-state index contributed by atoms with van der Waals surface area (Å²) in [6, 6.07) is 0. The first-order chi connectivity index (χ1) is 2.81. The van der Waals surface area contributed by atoms with Crippen molar-refractivity contribution in [2.75, 3.05) is 6.66 Å². The molecule has 1 unspecified atom stereocenters. The summed E-state index contributed by atoms with van der Waals surface area (Å²) in [7, 11) is 0.757. The van der Waals surface area contributed by atoms with Crippen LogP contribution in [-0.2, 0) is 0 Å². The first-order valence-electron chi connectivity index (χ1n) is 1.73. The molecule has 0 aliphatic rings. The van der Waals surface area contributed by atoms with E-state index in [1.54, 1.807) is 0 Å². The van der Waals surface area contributed by atoms with Crippen molar-refractivity contribution in [3.05, 3.63) is 0 Å². The summed E-state index contributed by atoms with van der Waals surface area (Å²) < 4.78 is 0. The third kappa shape index (κ3) is 2.16. The zero-order chi connectivity index (χ0) is 4.99. The summed E-state index contributed by atoms with van der Waals surface area (Å²) in [6.07, 6.45) is 0. The topological polar surface area (TPSA) is 38.4 Å². The maximum Gasteiger partial charge on any atom is 0.0539 e. The molecule has 0 fully saturated rings. The van der Waals surface area contributed by atoms with Crippen LogP contribution in [-0.4, -0.2) is 12.1 Å². The summed E-state index contributed by atoms with van der Waals surface area (Å²) in [5.41, 5.74) is 1.02. The molecule has 0 aliphatic carbocycles. The quantitative estimate of drug-likeness (QED) is 0.225. The van der Waals surface area contributed by atoms with Crippen LogP contribution in [0.5, 0.6) is 0 Å². The molecule has 0 aromatic heterocycles. The fourth-order valence-electron chi connectivity index (χ4n) is 0.0645. The molecule has 0 saturated carbocycles. The van der Waals surface area contributed by atoms with Crippen molar-refractivity contribution < 1.29 is 0 Å². The molecule has 0 bridgehead atoms. The maximum absolute atomic E-state index is 4.88. The van der Waals surface area contributed by atoms with E-state index in [9.17, 15) is 0 Å². The van der Waals surface area contributed by atoms with Gasteiger partial charge in [-0.05, 0) is 13.6 Å². The van der Waals surface area contributed by atoms with Crippen molar-refractivity contribution in [3.63, 3.8) is 0 Å². The van der Waals surface area contributed by atoms with E-state index in [0.29, 0.717) is 0 Å². The van der Waals surface area contributed by atoms with Gasteiger partial charge in [0, 0.05) is 0 Å². The van der Waals surface area contributed by atoms with Crippen LogP contribution in [0.2, 0.25) is 0 Å². The number of nitrogens with two attached hydrogens (primary N) is 1. The minimum atomic E-state index is 0.757. The molecule has 1 atom stereocenters. The third-order valence-electron chi connectivity index (χ3n) is 0.555. The molecule has 0 aliphatic heterocycles. The van der Waals surface area contributed by atoms with Crippen LogP contribution in [0.4, 0.5) is 0 Å². The van der Waals surface area contributed by atoms with Crippen molar-refractivity contribution in [1.29, 1.82) is 0 Å². The summed E-state index contributed by atoms with van der Waals surface area (Å²) in [4.78, 5) is 0. The highest BCUT2D eigenvalue weighted by Gasteiger charge is 1.75. The second-order valence-corrected chi connectivity index (χ2v) is 2.19. The van der Waals surface area contributed by atoms with Crippen LogP contribution in [0.3, 0.4) is 0 Å². The summed E-state index contributed by atoms with van der Waals surface area (Å²) in [5.74, 6) is 4.88. The van der Waals surface area contributed by atoms with Crippen LogP contribution >= 0.6 is 8.58 Å². The number of rotatable bonds is 1. The zero-order valence-corrected chi connectivity index (χ0v) is 5.02. The highest BCUT2D eigenvalue weighted by molar-refractivity contribution is 7.57. The minimum Gasteiger partial charge on any atom is -0.323 e. The monoisotopic (exact) mass is 104 g/mol. The average Bonchev–Trinajstić information content (AvgIpc) is 1.65. The lowest BCUT2D eigenvalue weighted by Gasteiger charge is -1.83. The van der Waals surface area contributed by atoms with Gasteiger partial charge < -0.3 is 5.84 Å². The average molecular weight is 104 g/mol. The van der Waals surface area contributed by atoms with Gasteiger partial charge in [0.2, 0.25) is 0 Å². The van der Waals surface area contributed by atoms with Crippen LogP contribution in [0.15, 0.2) is 5.10 Å². The molecule has 2 N–H and O–H groups in total. The van der Waals surface area contributed by atoms with Gasteiger partial charge in [-0.2, -0.15) is 5.10 Å². The Labute approximate surface area is 39.6 Å². The molecule has 0 aromatic rings. The van der Waals surface area contributed by atoms with Crippen LogP contribution in [0.25, 0.3) is 0 Å². The Morgan fingerprint density at radius 3 is 2.33 bits per heavy atom. The summed E-state index contributed by atoms with van der Waals surface area (Å²) >= 11 is 0. The van der Waals surface area contributed by atoms with Crippen LogP contribution < -0.4 is 5.84 Å². The molecular weight excluding hydrogens is 95.0 g/mol. The second kappa shape index (κ2) is 3.10. The van der Waals surface area contributed by atoms with Gasteiger partial charge in [0.1, 0.15) is 0 Å². The molecule has 0 rings (SSSR count). The molecule has 0 radical (unpaired) electrons. The number of nitrogens with zero attached hydrogens (tertiary/aromatic N) is 1. The summed E-state index contributed by atoms with van der Waals surface area (Å²) in [5, 5.41) is 3.44. The highest BCUT2D eigenvalue weighted by Crippen LogP contribution is 2.02. The van der Waals surface area contributed by atoms with E-state index in [1.807, 2.05) is 13.6 Å². The van der Waals surface area contributed by atoms with Crippen molar-refractivity contribution >= 4 is 14.0 Å². The molecule has 0 saturated heterocycles. The van der Waals surface area contributed by atoms with Crippen LogP contribution in [0.1, 0.15) is 6.92 Å². The molecular formula is C3H9N2P. The SMILES string of the molecule is CPC(C)=NN. The Kier molecular flexibility index (Phi) is 3.05. The second-order valence-electron chi connectivity index (χ2n) is 0.965. The predicted molar refractivity (Wildman–Crippen MR) is 31.5 cm³/mol. The van der Waals surface area contributed by atoms with E-state index in [0.717, 1.165) is 14.0 Å². The van der Waals surface area contributed by atoms with Gasteiger partial charge in [-0.1, -0.05) is 8.58 Å². The van der Waals surface area contributed by atoms with E-state index in [2.05, 4.69) is 5.10 Å². The molecule has 36 valence electrons. The number of hydrazone groups is 1. The van der Waals surface area contributed by atoms with E-state index in [-0.39, 0.29) is 0 Å². The Balaban J connectivity index is 3.22. The smallest absolute Gasteiger partial charge is 0.0539 e. The molecule has 2 nitrogen and oxygen atoms in total. The van der Waals surface area contributed by atoms with Crippen molar-refractivity contribution in [1.82, 2.24) is 0 Å². The minimum absolute atomic E-state index is 0.757. The fraction of sp³-hybridized carbons (Fsp3) is 0.667. The van der Waals surface area contributed by atoms with E-state index >= 15 is 0 Å². The summed E-state index contributed by atoms with van der Waals surface area (Å²) in [6.45, 7) is 3.96. The standard InChI is InChI=1S/C3H9N2P/c1-3(5-4)6-2/h6H,4H2,1-2H3. The molecule has 3 heteroatoms. The molecule has 0 aromatic carbocycles. The van der Waals surface area contributed by atoms with Crippen molar-refractivity contribution in [3.8, 4) is 0 Å². The van der Waals surface area contributed by atoms with Gasteiger partial charge in [-0.15, -0.1) is 0 Å².